The molecular weight excluding hydrogens is 314 g/mol. The van der Waals surface area contributed by atoms with Crippen LogP contribution < -0.4 is 0 Å². The third kappa shape index (κ3) is 4.32. The van der Waals surface area contributed by atoms with E-state index in [2.05, 4.69) is 6.92 Å². The Kier molecular flexibility index (Phi) is 6.18. The zero-order valence-electron chi connectivity index (χ0n) is 13.6. The first-order chi connectivity index (χ1) is 11.0. The van der Waals surface area contributed by atoms with Crippen LogP contribution in [0.1, 0.15) is 51.0 Å². The second kappa shape index (κ2) is 7.93. The molecule has 1 fully saturated rings. The fraction of sp³-hybridized carbons (Fsp3) is 0.588. The van der Waals surface area contributed by atoms with Crippen molar-refractivity contribution in [2.24, 2.45) is 0 Å². The van der Waals surface area contributed by atoms with Crippen LogP contribution in [0.2, 0.25) is 0 Å². The van der Waals surface area contributed by atoms with E-state index in [1.165, 1.54) is 19.3 Å². The Hall–Kier alpha value is -1.40. The monoisotopic (exact) mass is 339 g/mol. The van der Waals surface area contributed by atoms with Crippen LogP contribution >= 0.6 is 0 Å². The van der Waals surface area contributed by atoms with E-state index in [9.17, 15) is 18.3 Å². The lowest BCUT2D eigenvalue weighted by atomic mass is 10.1. The van der Waals surface area contributed by atoms with E-state index in [1.807, 2.05) is 12.1 Å². The molecule has 1 aliphatic rings. The molecule has 0 aliphatic carbocycles. The summed E-state index contributed by atoms with van der Waals surface area (Å²) in [7, 11) is -3.73. The molecule has 128 valence electrons. The van der Waals surface area contributed by atoms with Crippen LogP contribution in [0.3, 0.4) is 0 Å². The number of hydrogen-bond acceptors (Lipinski definition) is 3. The summed E-state index contributed by atoms with van der Waals surface area (Å²) < 4.78 is 26.4. The van der Waals surface area contributed by atoms with Crippen LogP contribution in [0.15, 0.2) is 29.2 Å². The van der Waals surface area contributed by atoms with E-state index >= 15 is 0 Å². The molecular formula is C17H25NO4S. The Labute approximate surface area is 138 Å². The van der Waals surface area contributed by atoms with Crippen molar-refractivity contribution < 1.29 is 18.3 Å². The van der Waals surface area contributed by atoms with Crippen molar-refractivity contribution in [2.45, 2.75) is 62.8 Å². The van der Waals surface area contributed by atoms with Gasteiger partial charge in [-0.1, -0.05) is 38.3 Å². The Morgan fingerprint density at radius 3 is 2.52 bits per heavy atom. The topological polar surface area (TPSA) is 74.7 Å². The molecule has 1 aromatic carbocycles. The number of aryl methyl sites for hydroxylation is 1. The van der Waals surface area contributed by atoms with Crippen molar-refractivity contribution in [1.82, 2.24) is 4.31 Å². The van der Waals surface area contributed by atoms with Gasteiger partial charge in [-0.2, -0.15) is 4.31 Å². The number of sulfonamides is 1. The molecule has 1 atom stereocenters. The molecule has 0 amide bonds. The first kappa shape index (κ1) is 17.9. The largest absolute Gasteiger partial charge is 0.480 e. The zero-order chi connectivity index (χ0) is 16.9. The summed E-state index contributed by atoms with van der Waals surface area (Å²) in [5.41, 5.74) is 1.12. The molecule has 1 aliphatic heterocycles. The first-order valence-electron chi connectivity index (χ1n) is 8.30. The number of carbonyl (C=O) groups is 1. The van der Waals surface area contributed by atoms with Crippen LogP contribution in [0, 0.1) is 0 Å². The highest BCUT2D eigenvalue weighted by Crippen LogP contribution is 2.26. The average molecular weight is 339 g/mol. The van der Waals surface area contributed by atoms with E-state index in [0.29, 0.717) is 12.8 Å². The minimum Gasteiger partial charge on any atom is -0.480 e. The highest BCUT2D eigenvalue weighted by molar-refractivity contribution is 7.89. The van der Waals surface area contributed by atoms with Gasteiger partial charge in [0.2, 0.25) is 10.0 Å². The molecule has 5 nitrogen and oxygen atoms in total. The van der Waals surface area contributed by atoms with Gasteiger partial charge in [-0.25, -0.2) is 8.42 Å². The van der Waals surface area contributed by atoms with Crippen LogP contribution in [0.5, 0.6) is 0 Å². The van der Waals surface area contributed by atoms with E-state index in [1.54, 1.807) is 12.1 Å². The lowest BCUT2D eigenvalue weighted by Crippen LogP contribution is -2.40. The Morgan fingerprint density at radius 1 is 1.22 bits per heavy atom. The van der Waals surface area contributed by atoms with Gasteiger partial charge < -0.3 is 5.11 Å². The number of aliphatic carboxylic acids is 1. The van der Waals surface area contributed by atoms with Crippen molar-refractivity contribution in [1.29, 1.82) is 0 Å². The van der Waals surface area contributed by atoms with Crippen LogP contribution in [-0.2, 0) is 21.2 Å². The fourth-order valence-corrected chi connectivity index (χ4v) is 4.64. The van der Waals surface area contributed by atoms with Crippen LogP contribution in [0.25, 0.3) is 0 Å². The number of carboxylic acid groups (broad SMARTS) is 1. The summed E-state index contributed by atoms with van der Waals surface area (Å²) in [4.78, 5) is 11.4. The standard InChI is InChI=1S/C17H25NO4S/c1-2-3-4-5-7-14-9-11-15(12-10-14)23(21,22)18-13-6-8-16(18)17(19)20/h9-12,16H,2-8,13H2,1H3,(H,19,20). The third-order valence-electron chi connectivity index (χ3n) is 4.34. The number of hydrogen-bond donors (Lipinski definition) is 1. The number of unbranched alkanes of at least 4 members (excludes halogenated alkanes) is 3. The summed E-state index contributed by atoms with van der Waals surface area (Å²) in [6.07, 6.45) is 6.62. The van der Waals surface area contributed by atoms with E-state index in [0.717, 1.165) is 22.7 Å². The molecule has 1 N–H and O–H groups in total. The van der Waals surface area contributed by atoms with Crippen molar-refractivity contribution in [3.05, 3.63) is 29.8 Å². The van der Waals surface area contributed by atoms with Crippen molar-refractivity contribution >= 4 is 16.0 Å². The minimum absolute atomic E-state index is 0.183. The molecule has 2 rings (SSSR count). The van der Waals surface area contributed by atoms with Gasteiger partial charge in [-0.3, -0.25) is 4.79 Å². The fourth-order valence-electron chi connectivity index (χ4n) is 2.99. The first-order valence-corrected chi connectivity index (χ1v) is 9.74. The maximum Gasteiger partial charge on any atom is 0.322 e. The summed E-state index contributed by atoms with van der Waals surface area (Å²) in [6, 6.07) is 5.94. The lowest BCUT2D eigenvalue weighted by molar-refractivity contribution is -0.140. The normalized spacial score (nSPS) is 19.1. The number of nitrogens with zero attached hydrogens (tertiary/aromatic N) is 1. The highest BCUT2D eigenvalue weighted by atomic mass is 32.2. The van der Waals surface area contributed by atoms with E-state index in [-0.39, 0.29) is 11.4 Å². The molecule has 1 saturated heterocycles. The summed E-state index contributed by atoms with van der Waals surface area (Å²) >= 11 is 0. The number of benzene rings is 1. The van der Waals surface area contributed by atoms with Gasteiger partial charge in [0.1, 0.15) is 6.04 Å². The quantitative estimate of drug-likeness (QED) is 0.739. The van der Waals surface area contributed by atoms with Crippen molar-refractivity contribution in [2.75, 3.05) is 6.54 Å². The lowest BCUT2D eigenvalue weighted by Gasteiger charge is -2.21. The molecule has 0 spiro atoms. The van der Waals surface area contributed by atoms with Crippen molar-refractivity contribution in [3.63, 3.8) is 0 Å². The summed E-state index contributed by atoms with van der Waals surface area (Å²) in [5.74, 6) is -1.07. The van der Waals surface area contributed by atoms with Gasteiger partial charge >= 0.3 is 5.97 Å². The smallest absolute Gasteiger partial charge is 0.322 e. The molecule has 23 heavy (non-hydrogen) atoms. The van der Waals surface area contributed by atoms with E-state index < -0.39 is 22.0 Å². The van der Waals surface area contributed by atoms with Gasteiger partial charge in [0.05, 0.1) is 4.90 Å². The van der Waals surface area contributed by atoms with Crippen molar-refractivity contribution in [3.8, 4) is 0 Å². The SMILES string of the molecule is CCCCCCc1ccc(S(=O)(=O)N2CCCC2C(=O)O)cc1. The Balaban J connectivity index is 2.07. The predicted octanol–water partition coefficient (Wildman–Crippen LogP) is 3.05. The van der Waals surface area contributed by atoms with Crippen LogP contribution in [-0.4, -0.2) is 36.4 Å². The second-order valence-corrected chi connectivity index (χ2v) is 7.96. The van der Waals surface area contributed by atoms with Gasteiger partial charge in [-0.15, -0.1) is 0 Å². The van der Waals surface area contributed by atoms with Gasteiger partial charge in [0.15, 0.2) is 0 Å². The number of carboxylic acids is 1. The summed E-state index contributed by atoms with van der Waals surface area (Å²) in [5, 5.41) is 9.17. The Morgan fingerprint density at radius 2 is 1.91 bits per heavy atom. The molecule has 1 unspecified atom stereocenters. The van der Waals surface area contributed by atoms with Gasteiger partial charge in [0.25, 0.3) is 0 Å². The molecule has 0 aromatic heterocycles. The minimum atomic E-state index is -3.73. The highest BCUT2D eigenvalue weighted by Gasteiger charge is 2.39. The second-order valence-electron chi connectivity index (χ2n) is 6.07. The molecule has 0 saturated carbocycles. The Bertz CT molecular complexity index is 624. The van der Waals surface area contributed by atoms with Crippen LogP contribution in [0.4, 0.5) is 0 Å². The number of rotatable bonds is 8. The molecule has 6 heteroatoms. The zero-order valence-corrected chi connectivity index (χ0v) is 14.4. The maximum atomic E-state index is 12.6. The van der Waals surface area contributed by atoms with Gasteiger partial charge in [0, 0.05) is 6.54 Å². The van der Waals surface area contributed by atoms with Gasteiger partial charge in [-0.05, 0) is 43.4 Å². The predicted molar refractivity (Wildman–Crippen MR) is 88.8 cm³/mol. The molecule has 0 bridgehead atoms. The average Bonchev–Trinajstić information content (AvgIpc) is 3.03. The molecule has 1 aromatic rings. The molecule has 0 radical (unpaired) electrons. The maximum absolute atomic E-state index is 12.6. The summed E-state index contributed by atoms with van der Waals surface area (Å²) in [6.45, 7) is 2.44. The third-order valence-corrected chi connectivity index (χ3v) is 6.26. The molecule has 1 heterocycles. The van der Waals surface area contributed by atoms with E-state index in [4.69, 9.17) is 0 Å².